The van der Waals surface area contributed by atoms with Gasteiger partial charge in [0, 0.05) is 6.42 Å². The number of carbonyl (C=O) groups excluding carboxylic acids is 1. The predicted octanol–water partition coefficient (Wildman–Crippen LogP) is 2.71. The van der Waals surface area contributed by atoms with Gasteiger partial charge >= 0.3 is 0 Å². The van der Waals surface area contributed by atoms with E-state index in [0.29, 0.717) is 18.3 Å². The number of Topliss-reactive ketones (excluding diaryl/α,β-unsaturated/α-hetero) is 1. The Labute approximate surface area is 103 Å². The van der Waals surface area contributed by atoms with Crippen LogP contribution in [0.3, 0.4) is 0 Å². The third kappa shape index (κ3) is 1.17. The van der Waals surface area contributed by atoms with E-state index >= 15 is 0 Å². The SMILES string of the molecule is CC1=C2[C@@H]3[C@@H](CCC3(C)C)[C@H](C)[C@]2(O)CC1=O. The molecule has 0 aliphatic heterocycles. The van der Waals surface area contributed by atoms with Gasteiger partial charge in [-0.05, 0) is 54.1 Å². The number of hydrogen-bond donors (Lipinski definition) is 1. The van der Waals surface area contributed by atoms with Crippen LogP contribution in [0, 0.1) is 23.2 Å². The summed E-state index contributed by atoms with van der Waals surface area (Å²) in [6.07, 6.45) is 2.75. The summed E-state index contributed by atoms with van der Waals surface area (Å²) < 4.78 is 0. The van der Waals surface area contributed by atoms with Gasteiger partial charge in [0.2, 0.25) is 0 Å². The van der Waals surface area contributed by atoms with E-state index in [4.69, 9.17) is 0 Å². The van der Waals surface area contributed by atoms with Gasteiger partial charge < -0.3 is 5.11 Å². The van der Waals surface area contributed by atoms with Crippen molar-refractivity contribution in [1.29, 1.82) is 0 Å². The molecule has 0 unspecified atom stereocenters. The number of ketones is 1. The quantitative estimate of drug-likeness (QED) is 0.699. The number of fused-ring (bicyclic) bond motifs is 3. The van der Waals surface area contributed by atoms with Crippen molar-refractivity contribution in [2.45, 2.75) is 52.6 Å². The molecule has 0 spiro atoms. The third-order valence-corrected chi connectivity index (χ3v) is 5.82. The molecule has 17 heavy (non-hydrogen) atoms. The van der Waals surface area contributed by atoms with Crippen LogP contribution < -0.4 is 0 Å². The van der Waals surface area contributed by atoms with Crippen LogP contribution in [0.4, 0.5) is 0 Å². The molecule has 0 aromatic carbocycles. The van der Waals surface area contributed by atoms with Gasteiger partial charge in [-0.15, -0.1) is 0 Å². The summed E-state index contributed by atoms with van der Waals surface area (Å²) in [7, 11) is 0. The van der Waals surface area contributed by atoms with Gasteiger partial charge in [0.1, 0.15) is 0 Å². The molecule has 0 bridgehead atoms. The van der Waals surface area contributed by atoms with Gasteiger partial charge in [-0.2, -0.15) is 0 Å². The summed E-state index contributed by atoms with van der Waals surface area (Å²) >= 11 is 0. The van der Waals surface area contributed by atoms with Crippen LogP contribution in [0.5, 0.6) is 0 Å². The molecular weight excluding hydrogens is 212 g/mol. The summed E-state index contributed by atoms with van der Waals surface area (Å²) in [5.74, 6) is 1.41. The summed E-state index contributed by atoms with van der Waals surface area (Å²) in [4.78, 5) is 11.9. The van der Waals surface area contributed by atoms with Gasteiger partial charge in [0.25, 0.3) is 0 Å². The monoisotopic (exact) mass is 234 g/mol. The maximum atomic E-state index is 11.9. The van der Waals surface area contributed by atoms with Crippen LogP contribution in [0.1, 0.15) is 47.0 Å². The maximum Gasteiger partial charge on any atom is 0.161 e. The van der Waals surface area contributed by atoms with E-state index < -0.39 is 5.60 Å². The highest BCUT2D eigenvalue weighted by molar-refractivity contribution is 6.00. The zero-order chi connectivity index (χ0) is 12.6. The standard InChI is InChI=1S/C15H22O2/c1-8-11(16)7-15(17)9(2)10-5-6-14(3,4)13(10)12(8)15/h9-10,13,17H,5-7H2,1-4H3/t9-,10-,13-,15+/m0/s1. The van der Waals surface area contributed by atoms with Gasteiger partial charge in [-0.3, -0.25) is 4.79 Å². The largest absolute Gasteiger partial charge is 0.385 e. The molecular formula is C15H22O2. The molecule has 2 heteroatoms. The Morgan fingerprint density at radius 2 is 2.00 bits per heavy atom. The van der Waals surface area contributed by atoms with E-state index in [1.807, 2.05) is 6.92 Å². The molecule has 3 aliphatic rings. The third-order valence-electron chi connectivity index (χ3n) is 5.82. The zero-order valence-corrected chi connectivity index (χ0v) is 11.2. The lowest BCUT2D eigenvalue weighted by atomic mass is 9.76. The minimum atomic E-state index is -0.811. The van der Waals surface area contributed by atoms with Gasteiger partial charge in [0.05, 0.1) is 5.60 Å². The lowest BCUT2D eigenvalue weighted by Crippen LogP contribution is -2.34. The predicted molar refractivity (Wildman–Crippen MR) is 66.4 cm³/mol. The topological polar surface area (TPSA) is 37.3 Å². The Hall–Kier alpha value is -0.630. The van der Waals surface area contributed by atoms with Crippen molar-refractivity contribution < 1.29 is 9.90 Å². The fraction of sp³-hybridized carbons (Fsp3) is 0.800. The van der Waals surface area contributed by atoms with Crippen molar-refractivity contribution >= 4 is 5.78 Å². The minimum Gasteiger partial charge on any atom is -0.385 e. The van der Waals surface area contributed by atoms with E-state index in [0.717, 1.165) is 11.1 Å². The fourth-order valence-corrected chi connectivity index (χ4v) is 4.79. The van der Waals surface area contributed by atoms with Crippen molar-refractivity contribution in [1.82, 2.24) is 0 Å². The molecule has 0 amide bonds. The van der Waals surface area contributed by atoms with Crippen molar-refractivity contribution in [3.05, 3.63) is 11.1 Å². The molecule has 3 aliphatic carbocycles. The number of aliphatic hydroxyl groups is 1. The number of carbonyl (C=O) groups is 1. The summed E-state index contributed by atoms with van der Waals surface area (Å²) in [6.45, 7) is 8.63. The first kappa shape index (κ1) is 11.5. The average Bonchev–Trinajstić information content (AvgIpc) is 2.71. The molecule has 3 rings (SSSR count). The Balaban J connectivity index is 2.18. The van der Waals surface area contributed by atoms with Crippen molar-refractivity contribution in [3.63, 3.8) is 0 Å². The highest BCUT2D eigenvalue weighted by atomic mass is 16.3. The Morgan fingerprint density at radius 1 is 1.35 bits per heavy atom. The number of hydrogen-bond acceptors (Lipinski definition) is 2. The second-order valence-electron chi connectivity index (χ2n) is 7.02. The first-order valence-electron chi connectivity index (χ1n) is 6.76. The summed E-state index contributed by atoms with van der Waals surface area (Å²) in [6, 6.07) is 0. The highest BCUT2D eigenvalue weighted by Gasteiger charge is 2.63. The first-order chi connectivity index (χ1) is 7.79. The van der Waals surface area contributed by atoms with Crippen LogP contribution in [0.2, 0.25) is 0 Å². The Kier molecular flexibility index (Phi) is 2.04. The Bertz CT molecular complexity index is 432. The van der Waals surface area contributed by atoms with E-state index in [9.17, 15) is 9.90 Å². The molecule has 0 aromatic heterocycles. The maximum absolute atomic E-state index is 11.9. The minimum absolute atomic E-state index is 0.163. The number of allylic oxidation sites excluding steroid dienone is 1. The van der Waals surface area contributed by atoms with Crippen molar-refractivity contribution in [2.24, 2.45) is 23.2 Å². The van der Waals surface area contributed by atoms with Crippen LogP contribution in [-0.4, -0.2) is 16.5 Å². The molecule has 2 nitrogen and oxygen atoms in total. The van der Waals surface area contributed by atoms with Crippen LogP contribution in [-0.2, 0) is 4.79 Å². The lowest BCUT2D eigenvalue weighted by Gasteiger charge is -2.30. The highest BCUT2D eigenvalue weighted by Crippen LogP contribution is 2.65. The second-order valence-corrected chi connectivity index (χ2v) is 7.02. The molecule has 0 saturated heterocycles. The van der Waals surface area contributed by atoms with Crippen LogP contribution in [0.15, 0.2) is 11.1 Å². The molecule has 1 N–H and O–H groups in total. The summed E-state index contributed by atoms with van der Waals surface area (Å²) in [5.41, 5.74) is 1.39. The molecule has 0 heterocycles. The lowest BCUT2D eigenvalue weighted by molar-refractivity contribution is -0.118. The first-order valence-corrected chi connectivity index (χ1v) is 6.76. The van der Waals surface area contributed by atoms with E-state index in [1.165, 1.54) is 12.8 Å². The van der Waals surface area contributed by atoms with E-state index in [1.54, 1.807) is 0 Å². The van der Waals surface area contributed by atoms with E-state index in [-0.39, 0.29) is 17.1 Å². The molecule has 2 fully saturated rings. The Morgan fingerprint density at radius 3 is 2.65 bits per heavy atom. The van der Waals surface area contributed by atoms with E-state index in [2.05, 4.69) is 20.8 Å². The molecule has 0 aromatic rings. The van der Waals surface area contributed by atoms with Crippen molar-refractivity contribution in [2.75, 3.05) is 0 Å². The fourth-order valence-electron chi connectivity index (χ4n) is 4.79. The van der Waals surface area contributed by atoms with Crippen LogP contribution >= 0.6 is 0 Å². The molecule has 2 saturated carbocycles. The zero-order valence-electron chi connectivity index (χ0n) is 11.2. The molecule has 4 atom stereocenters. The second kappa shape index (κ2) is 3.03. The normalized spacial score (nSPS) is 47.6. The molecule has 94 valence electrons. The van der Waals surface area contributed by atoms with Gasteiger partial charge in [-0.1, -0.05) is 20.8 Å². The average molecular weight is 234 g/mol. The van der Waals surface area contributed by atoms with Crippen LogP contribution in [0.25, 0.3) is 0 Å². The smallest absolute Gasteiger partial charge is 0.161 e. The number of rotatable bonds is 0. The molecule has 0 radical (unpaired) electrons. The van der Waals surface area contributed by atoms with Crippen molar-refractivity contribution in [3.8, 4) is 0 Å². The summed E-state index contributed by atoms with van der Waals surface area (Å²) in [5, 5.41) is 10.9. The van der Waals surface area contributed by atoms with Gasteiger partial charge in [-0.25, -0.2) is 0 Å². The van der Waals surface area contributed by atoms with Gasteiger partial charge in [0.15, 0.2) is 5.78 Å².